The van der Waals surface area contributed by atoms with E-state index in [1.165, 1.54) is 0 Å². The summed E-state index contributed by atoms with van der Waals surface area (Å²) in [5, 5.41) is 0.625. The highest BCUT2D eigenvalue weighted by Crippen LogP contribution is 2.32. The van der Waals surface area contributed by atoms with Crippen molar-refractivity contribution in [3.05, 3.63) is 39.8 Å². The second-order valence-electron chi connectivity index (χ2n) is 3.65. The van der Waals surface area contributed by atoms with Crippen molar-refractivity contribution in [3.8, 4) is 17.5 Å². The monoisotopic (exact) mass is 342 g/mol. The summed E-state index contributed by atoms with van der Waals surface area (Å²) in [5.74, 6) is 1.38. The number of ether oxygens (including phenoxy) is 2. The zero-order valence-electron chi connectivity index (χ0n) is 10.2. The SMILES string of the molecule is CCOc1nc(Oc2ccc(Cl)cc2Br)ccc1N. The molecule has 1 aromatic heterocycles. The minimum atomic E-state index is 0.366. The van der Waals surface area contributed by atoms with E-state index in [4.69, 9.17) is 26.8 Å². The molecule has 0 saturated carbocycles. The number of nitrogen functional groups attached to an aromatic ring is 1. The fraction of sp³-hybridized carbons (Fsp3) is 0.154. The fourth-order valence-corrected chi connectivity index (χ4v) is 2.18. The van der Waals surface area contributed by atoms with Crippen LogP contribution in [0.15, 0.2) is 34.8 Å². The summed E-state index contributed by atoms with van der Waals surface area (Å²) < 4.78 is 11.7. The average molecular weight is 344 g/mol. The Morgan fingerprint density at radius 3 is 2.79 bits per heavy atom. The molecule has 0 bridgehead atoms. The van der Waals surface area contributed by atoms with E-state index in [0.717, 1.165) is 4.47 Å². The number of halogens is 2. The van der Waals surface area contributed by atoms with Crippen LogP contribution in [-0.4, -0.2) is 11.6 Å². The van der Waals surface area contributed by atoms with Crippen molar-refractivity contribution in [1.82, 2.24) is 4.98 Å². The lowest BCUT2D eigenvalue weighted by Crippen LogP contribution is -2.00. The van der Waals surface area contributed by atoms with Crippen LogP contribution in [-0.2, 0) is 0 Å². The van der Waals surface area contributed by atoms with Gasteiger partial charge in [-0.2, -0.15) is 4.98 Å². The van der Waals surface area contributed by atoms with Crippen molar-refractivity contribution in [2.24, 2.45) is 0 Å². The highest BCUT2D eigenvalue weighted by Gasteiger charge is 2.08. The highest BCUT2D eigenvalue weighted by molar-refractivity contribution is 9.10. The Kier molecular flexibility index (Phi) is 4.50. The van der Waals surface area contributed by atoms with Gasteiger partial charge >= 0.3 is 0 Å². The van der Waals surface area contributed by atoms with Gasteiger partial charge in [0.2, 0.25) is 11.8 Å². The number of aromatic nitrogens is 1. The normalized spacial score (nSPS) is 10.3. The molecule has 100 valence electrons. The molecule has 0 fully saturated rings. The number of hydrogen-bond donors (Lipinski definition) is 1. The molecular weight excluding hydrogens is 332 g/mol. The first kappa shape index (κ1) is 14.0. The van der Waals surface area contributed by atoms with Gasteiger partial charge in [0, 0.05) is 11.1 Å². The zero-order chi connectivity index (χ0) is 13.8. The second kappa shape index (κ2) is 6.12. The van der Waals surface area contributed by atoms with Crippen LogP contribution in [0.25, 0.3) is 0 Å². The van der Waals surface area contributed by atoms with Crippen molar-refractivity contribution < 1.29 is 9.47 Å². The summed E-state index contributed by atoms with van der Waals surface area (Å²) >= 11 is 9.24. The van der Waals surface area contributed by atoms with Gasteiger partial charge in [-0.05, 0) is 47.1 Å². The van der Waals surface area contributed by atoms with Gasteiger partial charge < -0.3 is 15.2 Å². The number of benzene rings is 1. The Labute approximate surface area is 124 Å². The number of rotatable bonds is 4. The lowest BCUT2D eigenvalue weighted by Gasteiger charge is -2.10. The van der Waals surface area contributed by atoms with Crippen LogP contribution < -0.4 is 15.2 Å². The predicted octanol–water partition coefficient (Wildman–Crippen LogP) is 4.27. The van der Waals surface area contributed by atoms with E-state index in [0.29, 0.717) is 34.8 Å². The van der Waals surface area contributed by atoms with Gasteiger partial charge in [0.25, 0.3) is 0 Å². The van der Waals surface area contributed by atoms with Crippen molar-refractivity contribution in [2.45, 2.75) is 6.92 Å². The maximum absolute atomic E-state index is 5.87. The van der Waals surface area contributed by atoms with E-state index in [-0.39, 0.29) is 0 Å². The Hall–Kier alpha value is -1.46. The molecule has 0 unspecified atom stereocenters. The van der Waals surface area contributed by atoms with E-state index >= 15 is 0 Å². The third-order valence-corrected chi connectivity index (χ3v) is 3.11. The van der Waals surface area contributed by atoms with Crippen molar-refractivity contribution in [1.29, 1.82) is 0 Å². The standard InChI is InChI=1S/C13H12BrClN2O2/c1-2-18-13-10(16)4-6-12(17-13)19-11-5-3-8(15)7-9(11)14/h3-7H,2,16H2,1H3. The van der Waals surface area contributed by atoms with Gasteiger partial charge in [-0.3, -0.25) is 0 Å². The maximum atomic E-state index is 5.87. The van der Waals surface area contributed by atoms with Gasteiger partial charge in [-0.15, -0.1) is 0 Å². The molecule has 0 atom stereocenters. The molecule has 0 spiro atoms. The molecule has 1 heterocycles. The van der Waals surface area contributed by atoms with E-state index in [9.17, 15) is 0 Å². The molecule has 6 heteroatoms. The van der Waals surface area contributed by atoms with E-state index in [2.05, 4.69) is 20.9 Å². The number of pyridine rings is 1. The lowest BCUT2D eigenvalue weighted by molar-refractivity contribution is 0.323. The van der Waals surface area contributed by atoms with Crippen LogP contribution in [0, 0.1) is 0 Å². The second-order valence-corrected chi connectivity index (χ2v) is 4.94. The molecule has 4 nitrogen and oxygen atoms in total. The van der Waals surface area contributed by atoms with Gasteiger partial charge in [-0.1, -0.05) is 11.6 Å². The largest absolute Gasteiger partial charge is 0.476 e. The topological polar surface area (TPSA) is 57.4 Å². The van der Waals surface area contributed by atoms with Gasteiger partial charge in [0.05, 0.1) is 16.8 Å². The summed E-state index contributed by atoms with van der Waals surface area (Å²) in [5.41, 5.74) is 6.23. The molecule has 0 aliphatic heterocycles. The zero-order valence-corrected chi connectivity index (χ0v) is 12.5. The fourth-order valence-electron chi connectivity index (χ4n) is 1.41. The maximum Gasteiger partial charge on any atom is 0.240 e. The van der Waals surface area contributed by atoms with Crippen molar-refractivity contribution in [3.63, 3.8) is 0 Å². The molecular formula is C13H12BrClN2O2. The van der Waals surface area contributed by atoms with Gasteiger partial charge in [0.1, 0.15) is 5.75 Å². The Bertz CT molecular complexity index is 593. The minimum absolute atomic E-state index is 0.366. The van der Waals surface area contributed by atoms with Crippen LogP contribution in [0.1, 0.15) is 6.92 Å². The summed E-state index contributed by atoms with van der Waals surface area (Å²) in [4.78, 5) is 4.20. The predicted molar refractivity (Wildman–Crippen MR) is 79.0 cm³/mol. The number of anilines is 1. The van der Waals surface area contributed by atoms with Crippen LogP contribution in [0.5, 0.6) is 17.5 Å². The first-order valence-corrected chi connectivity index (χ1v) is 6.79. The lowest BCUT2D eigenvalue weighted by atomic mass is 10.3. The van der Waals surface area contributed by atoms with Crippen LogP contribution in [0.4, 0.5) is 5.69 Å². The summed E-state index contributed by atoms with van der Waals surface area (Å²) in [6.07, 6.45) is 0. The number of hydrogen-bond acceptors (Lipinski definition) is 4. The molecule has 0 aliphatic rings. The molecule has 0 amide bonds. The van der Waals surface area contributed by atoms with Crippen LogP contribution in [0.3, 0.4) is 0 Å². The van der Waals surface area contributed by atoms with Crippen molar-refractivity contribution >= 4 is 33.2 Å². The van der Waals surface area contributed by atoms with Crippen molar-refractivity contribution in [2.75, 3.05) is 12.3 Å². The Morgan fingerprint density at radius 2 is 2.11 bits per heavy atom. The average Bonchev–Trinajstić information content (AvgIpc) is 2.37. The van der Waals surface area contributed by atoms with E-state index in [1.807, 2.05) is 6.92 Å². The molecule has 2 rings (SSSR count). The summed E-state index contributed by atoms with van der Waals surface area (Å²) in [6.45, 7) is 2.36. The highest BCUT2D eigenvalue weighted by atomic mass is 79.9. The molecule has 0 radical (unpaired) electrons. The smallest absolute Gasteiger partial charge is 0.240 e. The molecule has 0 saturated heterocycles. The minimum Gasteiger partial charge on any atom is -0.476 e. The third-order valence-electron chi connectivity index (χ3n) is 2.25. The van der Waals surface area contributed by atoms with E-state index < -0.39 is 0 Å². The molecule has 0 aliphatic carbocycles. The molecule has 1 aromatic carbocycles. The van der Waals surface area contributed by atoms with Crippen LogP contribution in [0.2, 0.25) is 5.02 Å². The quantitative estimate of drug-likeness (QED) is 0.900. The first-order valence-electron chi connectivity index (χ1n) is 5.62. The third kappa shape index (κ3) is 3.52. The number of nitrogens with two attached hydrogens (primary N) is 1. The summed E-state index contributed by atoms with van der Waals surface area (Å²) in [6, 6.07) is 8.61. The number of nitrogens with zero attached hydrogens (tertiary/aromatic N) is 1. The Morgan fingerprint density at radius 1 is 1.32 bits per heavy atom. The van der Waals surface area contributed by atoms with Crippen LogP contribution >= 0.6 is 27.5 Å². The molecule has 2 N–H and O–H groups in total. The van der Waals surface area contributed by atoms with E-state index in [1.54, 1.807) is 30.3 Å². The molecule has 2 aromatic rings. The van der Waals surface area contributed by atoms with Gasteiger partial charge in [-0.25, -0.2) is 0 Å². The Balaban J connectivity index is 2.25. The summed E-state index contributed by atoms with van der Waals surface area (Å²) in [7, 11) is 0. The first-order chi connectivity index (χ1) is 9.10. The molecule has 19 heavy (non-hydrogen) atoms. The van der Waals surface area contributed by atoms with Gasteiger partial charge in [0.15, 0.2) is 0 Å².